The molecule has 0 radical (unpaired) electrons. The average molecular weight is 315 g/mol. The summed E-state index contributed by atoms with van der Waals surface area (Å²) in [6, 6.07) is 8.50. The summed E-state index contributed by atoms with van der Waals surface area (Å²) in [6.07, 6.45) is 2.69. The number of benzene rings is 1. The van der Waals surface area contributed by atoms with Crippen LogP contribution in [-0.2, 0) is 16.0 Å². The highest BCUT2D eigenvalue weighted by Gasteiger charge is 2.39. The summed E-state index contributed by atoms with van der Waals surface area (Å²) < 4.78 is 0. The Bertz CT molecular complexity index is 613. The first-order valence-electron chi connectivity index (χ1n) is 8.00. The molecule has 4 amide bonds. The van der Waals surface area contributed by atoms with Gasteiger partial charge in [0.15, 0.2) is 0 Å². The number of imide groups is 1. The van der Waals surface area contributed by atoms with Crippen molar-refractivity contribution in [2.45, 2.75) is 38.3 Å². The molecule has 2 aliphatic rings. The van der Waals surface area contributed by atoms with E-state index in [0.29, 0.717) is 12.3 Å². The molecule has 3 rings (SSSR count). The average Bonchev–Trinajstić information content (AvgIpc) is 3.33. The number of carbonyl (C=O) groups is 3. The molecule has 1 heterocycles. The van der Waals surface area contributed by atoms with E-state index in [4.69, 9.17) is 0 Å². The zero-order valence-electron chi connectivity index (χ0n) is 13.1. The Balaban J connectivity index is 1.56. The van der Waals surface area contributed by atoms with Crippen molar-refractivity contribution in [3.8, 4) is 0 Å². The Morgan fingerprint density at radius 2 is 2.00 bits per heavy atom. The van der Waals surface area contributed by atoms with Gasteiger partial charge in [-0.05, 0) is 31.2 Å². The Hall–Kier alpha value is -2.37. The van der Waals surface area contributed by atoms with Crippen LogP contribution in [0.4, 0.5) is 4.79 Å². The van der Waals surface area contributed by atoms with Crippen LogP contribution in [0.1, 0.15) is 25.3 Å². The number of hydrogen-bond donors (Lipinski definition) is 2. The quantitative estimate of drug-likeness (QED) is 0.771. The monoisotopic (exact) mass is 315 g/mol. The number of hydrogen-bond acceptors (Lipinski definition) is 3. The SMILES string of the molecule is CC(NC(=O)CN1C(=O)NC(Cc2ccccc2)C1=O)C1CC1. The van der Waals surface area contributed by atoms with Crippen molar-refractivity contribution in [1.29, 1.82) is 0 Å². The molecule has 2 atom stereocenters. The minimum atomic E-state index is -0.599. The van der Waals surface area contributed by atoms with Crippen molar-refractivity contribution >= 4 is 17.8 Å². The van der Waals surface area contributed by atoms with E-state index in [1.165, 1.54) is 0 Å². The molecule has 6 nitrogen and oxygen atoms in total. The fourth-order valence-corrected chi connectivity index (χ4v) is 2.87. The first-order chi connectivity index (χ1) is 11.0. The molecule has 2 fully saturated rings. The van der Waals surface area contributed by atoms with Gasteiger partial charge >= 0.3 is 6.03 Å². The van der Waals surface area contributed by atoms with Gasteiger partial charge in [0.25, 0.3) is 5.91 Å². The predicted molar refractivity (Wildman–Crippen MR) is 84.5 cm³/mol. The summed E-state index contributed by atoms with van der Waals surface area (Å²) in [5.74, 6) is -0.0887. The van der Waals surface area contributed by atoms with Crippen LogP contribution in [-0.4, -0.2) is 41.4 Å². The van der Waals surface area contributed by atoms with E-state index >= 15 is 0 Å². The number of rotatable bonds is 6. The molecule has 0 aromatic heterocycles. The Morgan fingerprint density at radius 1 is 1.30 bits per heavy atom. The number of amides is 4. The predicted octanol–water partition coefficient (Wildman–Crippen LogP) is 1.06. The van der Waals surface area contributed by atoms with E-state index in [2.05, 4.69) is 10.6 Å². The maximum atomic E-state index is 12.4. The number of nitrogens with zero attached hydrogens (tertiary/aromatic N) is 1. The fraction of sp³-hybridized carbons (Fsp3) is 0.471. The van der Waals surface area contributed by atoms with Crippen molar-refractivity contribution in [2.75, 3.05) is 6.54 Å². The van der Waals surface area contributed by atoms with Crippen LogP contribution < -0.4 is 10.6 Å². The highest BCUT2D eigenvalue weighted by molar-refractivity contribution is 6.06. The summed E-state index contributed by atoms with van der Waals surface area (Å²) in [5, 5.41) is 5.51. The second-order valence-electron chi connectivity index (χ2n) is 6.31. The van der Waals surface area contributed by atoms with Crippen LogP contribution in [0, 0.1) is 5.92 Å². The molecule has 1 saturated heterocycles. The molecule has 122 valence electrons. The van der Waals surface area contributed by atoms with Gasteiger partial charge in [-0.1, -0.05) is 30.3 Å². The molecule has 1 aliphatic heterocycles. The molecule has 1 aromatic carbocycles. The molecule has 0 bridgehead atoms. The van der Waals surface area contributed by atoms with Crippen molar-refractivity contribution in [3.63, 3.8) is 0 Å². The van der Waals surface area contributed by atoms with Crippen molar-refractivity contribution in [1.82, 2.24) is 15.5 Å². The lowest BCUT2D eigenvalue weighted by molar-refractivity contribution is -0.132. The summed E-state index contributed by atoms with van der Waals surface area (Å²) in [5.41, 5.74) is 0.972. The van der Waals surface area contributed by atoms with Gasteiger partial charge in [0.1, 0.15) is 12.6 Å². The van der Waals surface area contributed by atoms with Crippen molar-refractivity contribution in [3.05, 3.63) is 35.9 Å². The largest absolute Gasteiger partial charge is 0.352 e. The lowest BCUT2D eigenvalue weighted by Gasteiger charge is -2.16. The van der Waals surface area contributed by atoms with Crippen molar-refractivity contribution < 1.29 is 14.4 Å². The Kier molecular flexibility index (Phi) is 4.32. The number of urea groups is 1. The van der Waals surface area contributed by atoms with E-state index in [-0.39, 0.29) is 24.4 Å². The molecule has 2 unspecified atom stereocenters. The van der Waals surface area contributed by atoms with Crippen LogP contribution >= 0.6 is 0 Å². The lowest BCUT2D eigenvalue weighted by Crippen LogP contribution is -2.44. The van der Waals surface area contributed by atoms with Gasteiger partial charge in [0.05, 0.1) is 0 Å². The maximum Gasteiger partial charge on any atom is 0.325 e. The zero-order valence-corrected chi connectivity index (χ0v) is 13.1. The van der Waals surface area contributed by atoms with E-state index in [9.17, 15) is 14.4 Å². The van der Waals surface area contributed by atoms with E-state index in [1.54, 1.807) is 0 Å². The number of carbonyl (C=O) groups excluding carboxylic acids is 3. The zero-order chi connectivity index (χ0) is 16.4. The minimum Gasteiger partial charge on any atom is -0.352 e. The lowest BCUT2D eigenvalue weighted by atomic mass is 10.1. The maximum absolute atomic E-state index is 12.4. The molecule has 0 spiro atoms. The normalized spacial score (nSPS) is 22.0. The molecule has 1 aliphatic carbocycles. The topological polar surface area (TPSA) is 78.5 Å². The molecular weight excluding hydrogens is 294 g/mol. The third-order valence-corrected chi connectivity index (χ3v) is 4.41. The van der Waals surface area contributed by atoms with E-state index in [1.807, 2.05) is 37.3 Å². The summed E-state index contributed by atoms with van der Waals surface area (Å²) in [7, 11) is 0. The number of nitrogens with one attached hydrogen (secondary N) is 2. The van der Waals surface area contributed by atoms with Crippen molar-refractivity contribution in [2.24, 2.45) is 5.92 Å². The molecular formula is C17H21N3O3. The van der Waals surface area contributed by atoms with Crippen LogP contribution in [0.3, 0.4) is 0 Å². The third-order valence-electron chi connectivity index (χ3n) is 4.41. The fourth-order valence-electron chi connectivity index (χ4n) is 2.87. The van der Waals surface area contributed by atoms with Gasteiger partial charge in [-0.15, -0.1) is 0 Å². The third kappa shape index (κ3) is 3.70. The summed E-state index contributed by atoms with van der Waals surface area (Å²) in [4.78, 5) is 37.3. The van der Waals surface area contributed by atoms with Gasteiger partial charge < -0.3 is 10.6 Å². The summed E-state index contributed by atoms with van der Waals surface area (Å²) in [6.45, 7) is 1.74. The van der Waals surface area contributed by atoms with Gasteiger partial charge in [-0.2, -0.15) is 0 Å². The van der Waals surface area contributed by atoms with Gasteiger partial charge in [0.2, 0.25) is 5.91 Å². The standard InChI is InChI=1S/C17H21N3O3/c1-11(13-7-8-13)18-15(21)10-20-16(22)14(19-17(20)23)9-12-5-3-2-4-6-12/h2-6,11,13-14H,7-10H2,1H3,(H,18,21)(H,19,23). The molecule has 1 saturated carbocycles. The minimum absolute atomic E-state index is 0.100. The molecule has 1 aromatic rings. The second-order valence-corrected chi connectivity index (χ2v) is 6.31. The van der Waals surface area contributed by atoms with Gasteiger partial charge in [-0.3, -0.25) is 14.5 Å². The Morgan fingerprint density at radius 3 is 2.65 bits per heavy atom. The Labute approximate surface area is 135 Å². The van der Waals surface area contributed by atoms with E-state index < -0.39 is 12.1 Å². The highest BCUT2D eigenvalue weighted by atomic mass is 16.2. The first kappa shape index (κ1) is 15.5. The molecule has 2 N–H and O–H groups in total. The highest BCUT2D eigenvalue weighted by Crippen LogP contribution is 2.32. The van der Waals surface area contributed by atoms with Gasteiger partial charge in [0, 0.05) is 12.5 Å². The summed E-state index contributed by atoms with van der Waals surface area (Å²) >= 11 is 0. The van der Waals surface area contributed by atoms with Crippen LogP contribution in [0.5, 0.6) is 0 Å². The van der Waals surface area contributed by atoms with Crippen LogP contribution in [0.2, 0.25) is 0 Å². The van der Waals surface area contributed by atoms with E-state index in [0.717, 1.165) is 23.3 Å². The first-order valence-corrected chi connectivity index (χ1v) is 8.00. The molecule has 23 heavy (non-hydrogen) atoms. The molecule has 6 heteroatoms. The van der Waals surface area contributed by atoms with Crippen LogP contribution in [0.25, 0.3) is 0 Å². The van der Waals surface area contributed by atoms with Gasteiger partial charge in [-0.25, -0.2) is 4.79 Å². The second kappa shape index (κ2) is 6.40. The van der Waals surface area contributed by atoms with Crippen LogP contribution in [0.15, 0.2) is 30.3 Å². The smallest absolute Gasteiger partial charge is 0.325 e.